The van der Waals surface area contributed by atoms with Crippen LogP contribution < -0.4 is 5.32 Å². The summed E-state index contributed by atoms with van der Waals surface area (Å²) in [5.41, 5.74) is 0. The molecule has 2 fully saturated rings. The molecule has 1 heterocycles. The molecule has 0 atom stereocenters. The summed E-state index contributed by atoms with van der Waals surface area (Å²) in [6.45, 7) is 3.11. The van der Waals surface area contributed by atoms with Gasteiger partial charge in [0, 0.05) is 39.3 Å². The van der Waals surface area contributed by atoms with Gasteiger partial charge in [0.05, 0.1) is 0 Å². The molecule has 16 heavy (non-hydrogen) atoms. The van der Waals surface area contributed by atoms with Crippen LogP contribution in [0.5, 0.6) is 0 Å². The molecule has 0 unspecified atom stereocenters. The predicted octanol–water partition coefficient (Wildman–Crippen LogP) is -0.571. The Hall–Kier alpha value is -1.10. The van der Waals surface area contributed by atoms with E-state index < -0.39 is 0 Å². The highest BCUT2D eigenvalue weighted by atomic mass is 16.2. The second-order valence-corrected chi connectivity index (χ2v) is 4.54. The van der Waals surface area contributed by atoms with Gasteiger partial charge in [0.25, 0.3) is 0 Å². The lowest BCUT2D eigenvalue weighted by Crippen LogP contribution is -2.47. The molecule has 5 heteroatoms. The third-order valence-corrected chi connectivity index (χ3v) is 3.26. The van der Waals surface area contributed by atoms with Gasteiger partial charge in [-0.25, -0.2) is 0 Å². The van der Waals surface area contributed by atoms with Crippen LogP contribution in [0.2, 0.25) is 0 Å². The van der Waals surface area contributed by atoms with E-state index in [0.29, 0.717) is 6.04 Å². The molecule has 1 saturated heterocycles. The largest absolute Gasteiger partial charge is 0.342 e. The van der Waals surface area contributed by atoms with Crippen LogP contribution in [-0.2, 0) is 9.59 Å². The zero-order valence-corrected chi connectivity index (χ0v) is 9.74. The van der Waals surface area contributed by atoms with Gasteiger partial charge >= 0.3 is 0 Å². The third-order valence-electron chi connectivity index (χ3n) is 3.26. The van der Waals surface area contributed by atoms with Crippen molar-refractivity contribution < 1.29 is 9.59 Å². The third kappa shape index (κ3) is 2.72. The summed E-state index contributed by atoms with van der Waals surface area (Å²) in [6.07, 6.45) is 2.21. The van der Waals surface area contributed by atoms with Gasteiger partial charge < -0.3 is 15.1 Å². The van der Waals surface area contributed by atoms with E-state index in [2.05, 4.69) is 5.32 Å². The fraction of sp³-hybridized carbons (Fsp3) is 0.818. The Labute approximate surface area is 95.8 Å². The lowest BCUT2D eigenvalue weighted by atomic mass is 10.3. The quantitative estimate of drug-likeness (QED) is 0.654. The normalized spacial score (nSPS) is 20.7. The number of rotatable bonds is 3. The van der Waals surface area contributed by atoms with Crippen molar-refractivity contribution >= 4 is 11.8 Å². The molecule has 5 nitrogen and oxygen atoms in total. The van der Waals surface area contributed by atoms with E-state index in [0.717, 1.165) is 39.0 Å². The molecule has 0 bridgehead atoms. The molecule has 0 aromatic carbocycles. The van der Waals surface area contributed by atoms with Crippen molar-refractivity contribution in [3.8, 4) is 0 Å². The van der Waals surface area contributed by atoms with E-state index in [4.69, 9.17) is 0 Å². The van der Waals surface area contributed by atoms with Gasteiger partial charge in [-0.2, -0.15) is 0 Å². The molecule has 1 N–H and O–H groups in total. The topological polar surface area (TPSA) is 52.7 Å². The van der Waals surface area contributed by atoms with Crippen LogP contribution in [0.25, 0.3) is 0 Å². The van der Waals surface area contributed by atoms with E-state index in [1.807, 2.05) is 0 Å². The zero-order chi connectivity index (χ0) is 11.5. The maximum atomic E-state index is 11.8. The van der Waals surface area contributed by atoms with Gasteiger partial charge in [0.1, 0.15) is 6.42 Å². The van der Waals surface area contributed by atoms with Crippen LogP contribution in [0.1, 0.15) is 19.3 Å². The second-order valence-electron chi connectivity index (χ2n) is 4.54. The minimum atomic E-state index is -0.0361. The van der Waals surface area contributed by atoms with Crippen LogP contribution in [-0.4, -0.2) is 60.9 Å². The Morgan fingerprint density at radius 2 is 1.94 bits per heavy atom. The zero-order valence-electron chi connectivity index (χ0n) is 9.74. The predicted molar refractivity (Wildman–Crippen MR) is 59.9 cm³/mol. The Morgan fingerprint density at radius 1 is 1.31 bits per heavy atom. The van der Waals surface area contributed by atoms with E-state index in [1.165, 1.54) is 0 Å². The van der Waals surface area contributed by atoms with Gasteiger partial charge in [-0.15, -0.1) is 0 Å². The monoisotopic (exact) mass is 225 g/mol. The molecule has 1 saturated carbocycles. The number of carbonyl (C=O) groups excluding carboxylic acids is 2. The highest BCUT2D eigenvalue weighted by Crippen LogP contribution is 2.25. The summed E-state index contributed by atoms with van der Waals surface area (Å²) in [6, 6.07) is 0.392. The highest BCUT2D eigenvalue weighted by Gasteiger charge is 2.31. The molecule has 1 aliphatic heterocycles. The Balaban J connectivity index is 1.78. The number of piperazine rings is 1. The Bertz CT molecular complexity index is 283. The average molecular weight is 225 g/mol. The second kappa shape index (κ2) is 4.82. The summed E-state index contributed by atoms with van der Waals surface area (Å²) in [7, 11) is 1.80. The van der Waals surface area contributed by atoms with E-state index in [1.54, 1.807) is 16.8 Å². The number of nitrogens with zero attached hydrogens (tertiary/aromatic N) is 2. The van der Waals surface area contributed by atoms with Crippen LogP contribution in [0.3, 0.4) is 0 Å². The van der Waals surface area contributed by atoms with E-state index in [-0.39, 0.29) is 18.2 Å². The maximum absolute atomic E-state index is 11.8. The standard InChI is InChI=1S/C11H19N3O2/c1-13(9-2-3-9)10(15)8-11(16)14-6-4-12-5-7-14/h9,12H,2-8H2,1H3. The van der Waals surface area contributed by atoms with E-state index in [9.17, 15) is 9.59 Å². The summed E-state index contributed by atoms with van der Waals surface area (Å²) in [4.78, 5) is 27.0. The van der Waals surface area contributed by atoms with E-state index >= 15 is 0 Å². The maximum Gasteiger partial charge on any atom is 0.232 e. The Kier molecular flexibility index (Phi) is 3.43. The molecular formula is C11H19N3O2. The fourth-order valence-corrected chi connectivity index (χ4v) is 1.95. The van der Waals surface area contributed by atoms with Gasteiger partial charge in [0.2, 0.25) is 11.8 Å². The molecule has 0 aromatic rings. The lowest BCUT2D eigenvalue weighted by molar-refractivity contribution is -0.140. The summed E-state index contributed by atoms with van der Waals surface area (Å²) >= 11 is 0. The van der Waals surface area contributed by atoms with Crippen molar-refractivity contribution in [1.29, 1.82) is 0 Å². The summed E-state index contributed by atoms with van der Waals surface area (Å²) in [5.74, 6) is -0.0648. The van der Waals surface area contributed by atoms with Crippen molar-refractivity contribution in [3.63, 3.8) is 0 Å². The molecule has 0 aromatic heterocycles. The number of carbonyl (C=O) groups is 2. The van der Waals surface area contributed by atoms with Gasteiger partial charge in [-0.05, 0) is 12.8 Å². The Morgan fingerprint density at radius 3 is 2.50 bits per heavy atom. The molecule has 2 aliphatic rings. The first-order chi connectivity index (χ1) is 7.68. The molecule has 1 aliphatic carbocycles. The summed E-state index contributed by atoms with van der Waals surface area (Å²) < 4.78 is 0. The first-order valence-corrected chi connectivity index (χ1v) is 5.92. The van der Waals surface area contributed by atoms with Crippen molar-refractivity contribution in [2.24, 2.45) is 0 Å². The van der Waals surface area contributed by atoms with Crippen LogP contribution in [0, 0.1) is 0 Å². The minimum Gasteiger partial charge on any atom is -0.342 e. The average Bonchev–Trinajstić information content (AvgIpc) is 3.13. The number of amides is 2. The van der Waals surface area contributed by atoms with Gasteiger partial charge in [-0.1, -0.05) is 0 Å². The molecular weight excluding hydrogens is 206 g/mol. The molecule has 0 radical (unpaired) electrons. The van der Waals surface area contributed by atoms with Crippen LogP contribution in [0.15, 0.2) is 0 Å². The highest BCUT2D eigenvalue weighted by molar-refractivity contribution is 5.97. The van der Waals surface area contributed by atoms with Crippen LogP contribution >= 0.6 is 0 Å². The molecule has 0 spiro atoms. The van der Waals surface area contributed by atoms with Crippen molar-refractivity contribution in [3.05, 3.63) is 0 Å². The smallest absolute Gasteiger partial charge is 0.232 e. The molecule has 2 rings (SSSR count). The first-order valence-electron chi connectivity index (χ1n) is 5.92. The van der Waals surface area contributed by atoms with Crippen molar-refractivity contribution in [2.45, 2.75) is 25.3 Å². The van der Waals surface area contributed by atoms with Crippen LogP contribution in [0.4, 0.5) is 0 Å². The fourth-order valence-electron chi connectivity index (χ4n) is 1.95. The van der Waals surface area contributed by atoms with Gasteiger partial charge in [-0.3, -0.25) is 9.59 Å². The number of hydrogen-bond acceptors (Lipinski definition) is 3. The minimum absolute atomic E-state index is 0.0287. The molecule has 90 valence electrons. The first kappa shape index (κ1) is 11.4. The summed E-state index contributed by atoms with van der Waals surface area (Å²) in [5, 5.41) is 3.18. The van der Waals surface area contributed by atoms with Crippen molar-refractivity contribution in [1.82, 2.24) is 15.1 Å². The van der Waals surface area contributed by atoms with Gasteiger partial charge in [0.15, 0.2) is 0 Å². The number of hydrogen-bond donors (Lipinski definition) is 1. The molecule has 2 amide bonds. The van der Waals surface area contributed by atoms with Crippen molar-refractivity contribution in [2.75, 3.05) is 33.2 Å². The SMILES string of the molecule is CN(C(=O)CC(=O)N1CCNCC1)C1CC1. The lowest BCUT2D eigenvalue weighted by Gasteiger charge is -2.28. The number of nitrogens with one attached hydrogen (secondary N) is 1.